The summed E-state index contributed by atoms with van der Waals surface area (Å²) in [5, 5.41) is 61.2. The van der Waals surface area contributed by atoms with Gasteiger partial charge in [0.25, 0.3) is 0 Å². The van der Waals surface area contributed by atoms with Gasteiger partial charge in [0.1, 0.15) is 34.3 Å². The van der Waals surface area contributed by atoms with Gasteiger partial charge >= 0.3 is 5.97 Å². The van der Waals surface area contributed by atoms with E-state index in [2.05, 4.69) is 15.8 Å². The summed E-state index contributed by atoms with van der Waals surface area (Å²) in [6.45, 7) is 1.38. The number of fused-ring (bicyclic) bond motifs is 5. The van der Waals surface area contributed by atoms with E-state index in [0.717, 1.165) is 18.9 Å². The van der Waals surface area contributed by atoms with Crippen molar-refractivity contribution in [3.63, 3.8) is 0 Å². The van der Waals surface area contributed by atoms with E-state index in [-0.39, 0.29) is 74.3 Å². The van der Waals surface area contributed by atoms with Crippen LogP contribution in [0.3, 0.4) is 0 Å². The van der Waals surface area contributed by atoms with E-state index in [0.29, 0.717) is 5.56 Å². The molecule has 0 heterocycles. The highest BCUT2D eigenvalue weighted by Crippen LogP contribution is 2.54. The second-order valence-corrected chi connectivity index (χ2v) is 11.0. The molecule has 3 aromatic carbocycles. The summed E-state index contributed by atoms with van der Waals surface area (Å²) in [7, 11) is 1.27. The summed E-state index contributed by atoms with van der Waals surface area (Å²) in [4.78, 5) is 39.8. The molecule has 0 saturated heterocycles. The molecule has 13 heteroatoms. The number of ketones is 2. The average molecular weight is 604 g/mol. The van der Waals surface area contributed by atoms with Crippen LogP contribution in [0.5, 0.6) is 28.7 Å². The number of hydrogen-bond donors (Lipinski definition) is 7. The second kappa shape index (κ2) is 9.98. The minimum Gasteiger partial charge on any atom is -0.508 e. The molecule has 0 radical (unpaired) electrons. The Morgan fingerprint density at radius 2 is 1.70 bits per heavy atom. The molecule has 43 heavy (non-hydrogen) atoms. The Balaban J connectivity index is 1.54. The van der Waals surface area contributed by atoms with Crippen LogP contribution in [0, 0.1) is 6.92 Å². The van der Waals surface area contributed by atoms with Crippen molar-refractivity contribution >= 4 is 41.1 Å². The van der Waals surface area contributed by atoms with Gasteiger partial charge in [-0.25, -0.2) is 4.79 Å². The molecule has 1 fully saturated rings. The minimum absolute atomic E-state index is 0.0000847. The Morgan fingerprint density at radius 3 is 2.35 bits per heavy atom. The van der Waals surface area contributed by atoms with E-state index in [1.165, 1.54) is 26.3 Å². The van der Waals surface area contributed by atoms with E-state index in [9.17, 15) is 39.9 Å². The molecular formula is C30H25N3O9S. The Hall–Kier alpha value is -5.17. The van der Waals surface area contributed by atoms with Crippen molar-refractivity contribution in [1.29, 1.82) is 0 Å². The number of rotatable bonds is 5. The van der Waals surface area contributed by atoms with Crippen LogP contribution in [-0.2, 0) is 12.8 Å². The standard InChI is InChI=1S/C30H25N3O9S/c1-10-16(34)8-15-20(23(10)35)27(39)22-21(24(15)36)26(38)19-14(28(22)42-2)6-3-11-7-12(18(29(40)41)25(37)17(11)19)9-31-33-30(43)32-13-4-5-13/h7-9,13,34-35,37-38H,3-6H2,1-2H3,(H,40,41)(H2,32,33,43)/b31-9+. The molecule has 3 aromatic rings. The van der Waals surface area contributed by atoms with Gasteiger partial charge in [-0.3, -0.25) is 15.0 Å². The maximum Gasteiger partial charge on any atom is 0.340 e. The molecule has 0 amide bonds. The number of benzene rings is 3. The van der Waals surface area contributed by atoms with E-state index in [1.807, 2.05) is 0 Å². The summed E-state index contributed by atoms with van der Waals surface area (Å²) in [5.41, 5.74) is 1.44. The highest BCUT2D eigenvalue weighted by molar-refractivity contribution is 7.80. The van der Waals surface area contributed by atoms with Gasteiger partial charge in [0.2, 0.25) is 5.78 Å². The Bertz CT molecular complexity index is 1860. The molecule has 0 bridgehead atoms. The van der Waals surface area contributed by atoms with Gasteiger partial charge in [-0.15, -0.1) is 0 Å². The van der Waals surface area contributed by atoms with Crippen LogP contribution < -0.4 is 15.5 Å². The first-order valence-corrected chi connectivity index (χ1v) is 13.7. The lowest BCUT2D eigenvalue weighted by Gasteiger charge is -2.30. The molecular weight excluding hydrogens is 578 g/mol. The van der Waals surface area contributed by atoms with Gasteiger partial charge < -0.3 is 35.6 Å². The number of aryl methyl sites for hydroxylation is 1. The van der Waals surface area contributed by atoms with Gasteiger partial charge in [0.15, 0.2) is 10.9 Å². The predicted octanol–water partition coefficient (Wildman–Crippen LogP) is 3.03. The summed E-state index contributed by atoms with van der Waals surface area (Å²) in [6.07, 6.45) is 3.64. The normalized spacial score (nSPS) is 14.9. The van der Waals surface area contributed by atoms with Crippen molar-refractivity contribution in [3.05, 3.63) is 62.2 Å². The predicted molar refractivity (Wildman–Crippen MR) is 157 cm³/mol. The molecule has 3 aliphatic rings. The monoisotopic (exact) mass is 603 g/mol. The van der Waals surface area contributed by atoms with Crippen LogP contribution in [0.15, 0.2) is 17.2 Å². The number of carbonyl (C=O) groups excluding carboxylic acids is 2. The van der Waals surface area contributed by atoms with Crippen LogP contribution in [0.25, 0.3) is 11.1 Å². The van der Waals surface area contributed by atoms with Crippen molar-refractivity contribution in [3.8, 4) is 39.9 Å². The van der Waals surface area contributed by atoms with Crippen molar-refractivity contribution in [2.75, 3.05) is 7.11 Å². The number of phenols is 4. The first-order chi connectivity index (χ1) is 20.5. The SMILES string of the molecule is COc1c2c(c(O)c3c1C(=O)c1c(cc(O)c(C)c1O)C3=O)-c1c(cc(/C=N/NC(=S)NC3CC3)c(C(=O)O)c1O)CC2. The molecule has 1 saturated carbocycles. The van der Waals surface area contributed by atoms with Gasteiger partial charge in [-0.2, -0.15) is 5.10 Å². The van der Waals surface area contributed by atoms with Gasteiger partial charge in [-0.1, -0.05) is 0 Å². The molecule has 12 nitrogen and oxygen atoms in total. The zero-order valence-corrected chi connectivity index (χ0v) is 23.7. The van der Waals surface area contributed by atoms with Gasteiger partial charge in [0, 0.05) is 39.4 Å². The number of carboxylic acids is 1. The number of nitrogens with one attached hydrogen (secondary N) is 2. The molecule has 0 aliphatic heterocycles. The number of carbonyl (C=O) groups is 3. The second-order valence-electron chi connectivity index (χ2n) is 10.6. The van der Waals surface area contributed by atoms with E-state index < -0.39 is 51.7 Å². The third-order valence-corrected chi connectivity index (χ3v) is 8.20. The smallest absolute Gasteiger partial charge is 0.340 e. The molecule has 3 aliphatic carbocycles. The van der Waals surface area contributed by atoms with E-state index >= 15 is 0 Å². The van der Waals surface area contributed by atoms with E-state index in [4.69, 9.17) is 17.0 Å². The number of thiocarbonyl (C=S) groups is 1. The molecule has 0 atom stereocenters. The number of nitrogens with zero attached hydrogens (tertiary/aromatic N) is 1. The summed E-state index contributed by atoms with van der Waals surface area (Å²) in [5.74, 6) is -5.53. The topological polar surface area (TPSA) is 198 Å². The fourth-order valence-electron chi connectivity index (χ4n) is 5.77. The van der Waals surface area contributed by atoms with Gasteiger partial charge in [-0.05, 0) is 62.5 Å². The third kappa shape index (κ3) is 4.23. The quantitative estimate of drug-likeness (QED) is 0.100. The Kier molecular flexibility index (Phi) is 6.49. The lowest BCUT2D eigenvalue weighted by atomic mass is 9.74. The summed E-state index contributed by atoms with van der Waals surface area (Å²) < 4.78 is 5.60. The molecule has 0 spiro atoms. The zero-order valence-electron chi connectivity index (χ0n) is 22.9. The molecule has 0 aromatic heterocycles. The first-order valence-electron chi connectivity index (χ1n) is 13.3. The van der Waals surface area contributed by atoms with Crippen molar-refractivity contribution in [2.24, 2.45) is 5.10 Å². The molecule has 0 unspecified atom stereocenters. The molecule has 7 N–H and O–H groups in total. The number of aromatic hydroxyl groups is 4. The zero-order chi connectivity index (χ0) is 30.9. The Labute approximate surface area is 249 Å². The number of methoxy groups -OCH3 is 1. The van der Waals surface area contributed by atoms with Crippen LogP contribution in [0.4, 0.5) is 0 Å². The summed E-state index contributed by atoms with van der Waals surface area (Å²) in [6, 6.07) is 2.83. The number of ether oxygens (including phenoxy) is 1. The number of aromatic carboxylic acids is 1. The highest BCUT2D eigenvalue weighted by Gasteiger charge is 2.42. The van der Waals surface area contributed by atoms with Crippen LogP contribution in [0.1, 0.15) is 77.3 Å². The largest absolute Gasteiger partial charge is 0.508 e. The number of carboxylic acid groups (broad SMARTS) is 1. The lowest BCUT2D eigenvalue weighted by Crippen LogP contribution is -2.33. The maximum atomic E-state index is 13.7. The number of hydrogen-bond acceptors (Lipinski definition) is 10. The number of hydrazone groups is 1. The lowest BCUT2D eigenvalue weighted by molar-refractivity contribution is 0.0693. The Morgan fingerprint density at radius 1 is 0.977 bits per heavy atom. The third-order valence-electron chi connectivity index (χ3n) is 7.99. The molecule has 6 rings (SSSR count). The summed E-state index contributed by atoms with van der Waals surface area (Å²) >= 11 is 5.17. The van der Waals surface area contributed by atoms with Crippen LogP contribution in [-0.4, -0.2) is 67.5 Å². The minimum atomic E-state index is -1.47. The average Bonchev–Trinajstić information content (AvgIpc) is 3.77. The fourth-order valence-corrected chi connectivity index (χ4v) is 5.99. The fraction of sp³-hybridized carbons (Fsp3) is 0.233. The highest BCUT2D eigenvalue weighted by atomic mass is 32.1. The van der Waals surface area contributed by atoms with Crippen molar-refractivity contribution in [1.82, 2.24) is 10.7 Å². The van der Waals surface area contributed by atoms with Crippen LogP contribution in [0.2, 0.25) is 0 Å². The molecule has 220 valence electrons. The van der Waals surface area contributed by atoms with Gasteiger partial charge in [0.05, 0.1) is 30.0 Å². The van der Waals surface area contributed by atoms with E-state index in [1.54, 1.807) is 0 Å². The van der Waals surface area contributed by atoms with Crippen LogP contribution >= 0.6 is 12.2 Å². The first kappa shape index (κ1) is 28.0. The van der Waals surface area contributed by atoms with Crippen molar-refractivity contribution < 1.29 is 44.7 Å². The van der Waals surface area contributed by atoms with Crippen molar-refractivity contribution in [2.45, 2.75) is 38.6 Å². The number of phenolic OH excluding ortho intramolecular Hbond substituents is 3. The maximum absolute atomic E-state index is 13.7.